The van der Waals surface area contributed by atoms with E-state index in [1.807, 2.05) is 19.1 Å². The highest BCUT2D eigenvalue weighted by Crippen LogP contribution is 2.35. The Hall–Kier alpha value is -2.94. The lowest BCUT2D eigenvalue weighted by Crippen LogP contribution is -2.12. The fourth-order valence-electron chi connectivity index (χ4n) is 2.38. The molecule has 0 amide bonds. The van der Waals surface area contributed by atoms with Gasteiger partial charge in [-0.05, 0) is 32.0 Å². The molecule has 3 rings (SSSR count). The second-order valence-corrected chi connectivity index (χ2v) is 7.07. The van der Waals surface area contributed by atoms with Crippen LogP contribution < -0.4 is 0 Å². The molecule has 0 atom stereocenters. The predicted octanol–water partition coefficient (Wildman–Crippen LogP) is 5.19. The van der Waals surface area contributed by atoms with Crippen molar-refractivity contribution in [3.8, 4) is 11.4 Å². The van der Waals surface area contributed by atoms with Gasteiger partial charge in [0.05, 0.1) is 12.2 Å². The maximum Gasteiger partial charge on any atom is 0.416 e. The first kappa shape index (κ1) is 20.8. The molecular formula is C20H16F3N3O2S. The van der Waals surface area contributed by atoms with Crippen molar-refractivity contribution in [3.05, 3.63) is 65.4 Å². The van der Waals surface area contributed by atoms with Crippen molar-refractivity contribution in [2.45, 2.75) is 29.9 Å². The van der Waals surface area contributed by atoms with Gasteiger partial charge >= 0.3 is 12.1 Å². The minimum absolute atomic E-state index is 0.119. The first-order valence-electron chi connectivity index (χ1n) is 8.62. The van der Waals surface area contributed by atoms with Crippen molar-refractivity contribution < 1.29 is 22.7 Å². The lowest BCUT2D eigenvalue weighted by Gasteiger charge is -2.10. The predicted molar refractivity (Wildman–Crippen MR) is 102 cm³/mol. The van der Waals surface area contributed by atoms with Crippen LogP contribution in [0.15, 0.2) is 58.5 Å². The quantitative estimate of drug-likeness (QED) is 0.530. The number of nitrogens with zero attached hydrogens (tertiary/aromatic N) is 3. The molecule has 0 radical (unpaired) electrons. The molecule has 1 heterocycles. The molecule has 0 spiro atoms. The van der Waals surface area contributed by atoms with Crippen LogP contribution in [0.25, 0.3) is 11.4 Å². The number of aryl methyl sites for hydroxylation is 1. The van der Waals surface area contributed by atoms with E-state index in [1.165, 1.54) is 12.1 Å². The molecule has 0 fully saturated rings. The van der Waals surface area contributed by atoms with E-state index in [-0.39, 0.29) is 28.0 Å². The standard InChI is InChI=1S/C20H16F3N3O2S/c1-3-28-19(27)16-18(29-15-6-4-5-14(11-15)20(21,22)23)24-17(26-25-16)13-9-7-12(2)8-10-13/h4-11H,3H2,1-2H3. The number of carbonyl (C=O) groups excluding carboxylic acids is 1. The monoisotopic (exact) mass is 419 g/mol. The van der Waals surface area contributed by atoms with E-state index in [0.29, 0.717) is 5.56 Å². The van der Waals surface area contributed by atoms with Crippen LogP contribution in [0, 0.1) is 6.92 Å². The van der Waals surface area contributed by atoms with E-state index >= 15 is 0 Å². The Morgan fingerprint density at radius 2 is 1.83 bits per heavy atom. The summed E-state index contributed by atoms with van der Waals surface area (Å²) in [4.78, 5) is 16.9. The van der Waals surface area contributed by atoms with E-state index < -0.39 is 17.7 Å². The third-order valence-corrected chi connectivity index (χ3v) is 4.78. The molecule has 0 bridgehead atoms. The van der Waals surface area contributed by atoms with Crippen molar-refractivity contribution in [1.82, 2.24) is 15.2 Å². The SMILES string of the molecule is CCOC(=O)c1nnc(-c2ccc(C)cc2)nc1Sc1cccc(C(F)(F)F)c1. The van der Waals surface area contributed by atoms with E-state index in [1.54, 1.807) is 19.1 Å². The van der Waals surface area contributed by atoms with E-state index in [2.05, 4.69) is 15.2 Å². The molecule has 0 aliphatic carbocycles. The maximum atomic E-state index is 13.0. The second-order valence-electron chi connectivity index (χ2n) is 6.00. The minimum Gasteiger partial charge on any atom is -0.461 e. The van der Waals surface area contributed by atoms with E-state index in [4.69, 9.17) is 4.74 Å². The highest BCUT2D eigenvalue weighted by Gasteiger charge is 2.30. The number of halogens is 3. The first-order valence-corrected chi connectivity index (χ1v) is 9.43. The van der Waals surface area contributed by atoms with Gasteiger partial charge in [-0.1, -0.05) is 47.7 Å². The van der Waals surface area contributed by atoms with Crippen LogP contribution in [0.1, 0.15) is 28.5 Å². The Balaban J connectivity index is 2.03. The minimum atomic E-state index is -4.47. The molecular weight excluding hydrogens is 403 g/mol. The Morgan fingerprint density at radius 3 is 2.48 bits per heavy atom. The third kappa shape index (κ3) is 5.11. The maximum absolute atomic E-state index is 13.0. The summed E-state index contributed by atoms with van der Waals surface area (Å²) >= 11 is 0.896. The largest absolute Gasteiger partial charge is 0.461 e. The van der Waals surface area contributed by atoms with Crippen LogP contribution in [0.5, 0.6) is 0 Å². The third-order valence-electron chi connectivity index (χ3n) is 3.81. The number of benzene rings is 2. The van der Waals surface area contributed by atoms with Crippen molar-refractivity contribution in [1.29, 1.82) is 0 Å². The summed E-state index contributed by atoms with van der Waals surface area (Å²) in [6, 6.07) is 12.1. The normalized spacial score (nSPS) is 11.3. The zero-order valence-electron chi connectivity index (χ0n) is 15.5. The van der Waals surface area contributed by atoms with Crippen molar-refractivity contribution in [2.75, 3.05) is 6.61 Å². The van der Waals surface area contributed by atoms with Crippen molar-refractivity contribution in [2.24, 2.45) is 0 Å². The molecule has 0 aliphatic heterocycles. The summed E-state index contributed by atoms with van der Waals surface area (Å²) in [5, 5.41) is 8.04. The number of aromatic nitrogens is 3. The van der Waals surface area contributed by atoms with Crippen molar-refractivity contribution >= 4 is 17.7 Å². The summed E-state index contributed by atoms with van der Waals surface area (Å²) in [6.45, 7) is 3.69. The summed E-state index contributed by atoms with van der Waals surface area (Å²) in [5.74, 6) is -0.482. The van der Waals surface area contributed by atoms with Crippen LogP contribution >= 0.6 is 11.8 Å². The molecule has 0 unspecified atom stereocenters. The highest BCUT2D eigenvalue weighted by molar-refractivity contribution is 7.99. The van der Waals surface area contributed by atoms with Gasteiger partial charge in [0.15, 0.2) is 5.82 Å². The fraction of sp³-hybridized carbons (Fsp3) is 0.200. The van der Waals surface area contributed by atoms with Crippen LogP contribution in [0.2, 0.25) is 0 Å². The Morgan fingerprint density at radius 1 is 1.10 bits per heavy atom. The number of rotatable bonds is 5. The highest BCUT2D eigenvalue weighted by atomic mass is 32.2. The molecule has 0 N–H and O–H groups in total. The lowest BCUT2D eigenvalue weighted by atomic mass is 10.1. The molecule has 29 heavy (non-hydrogen) atoms. The Bertz CT molecular complexity index is 1020. The van der Waals surface area contributed by atoms with Gasteiger partial charge in [-0.2, -0.15) is 13.2 Å². The molecule has 0 saturated carbocycles. The molecule has 9 heteroatoms. The van der Waals surface area contributed by atoms with Crippen molar-refractivity contribution in [3.63, 3.8) is 0 Å². The summed E-state index contributed by atoms with van der Waals surface area (Å²) in [6.07, 6.45) is -4.47. The average molecular weight is 419 g/mol. The van der Waals surface area contributed by atoms with Gasteiger partial charge in [-0.15, -0.1) is 10.2 Å². The zero-order valence-corrected chi connectivity index (χ0v) is 16.3. The fourth-order valence-corrected chi connectivity index (χ4v) is 3.29. The lowest BCUT2D eigenvalue weighted by molar-refractivity contribution is -0.137. The van der Waals surface area contributed by atoms with Gasteiger partial charge in [0.25, 0.3) is 0 Å². The van der Waals surface area contributed by atoms with Gasteiger partial charge in [0.1, 0.15) is 5.03 Å². The van der Waals surface area contributed by atoms with Crippen LogP contribution in [-0.2, 0) is 10.9 Å². The first-order chi connectivity index (χ1) is 13.8. The molecule has 2 aromatic carbocycles. The summed E-state index contributed by atoms with van der Waals surface area (Å²) in [5.41, 5.74) is 0.777. The zero-order chi connectivity index (χ0) is 21.0. The average Bonchev–Trinajstić information content (AvgIpc) is 2.68. The number of hydrogen-bond donors (Lipinski definition) is 0. The molecule has 150 valence electrons. The number of hydrogen-bond acceptors (Lipinski definition) is 6. The van der Waals surface area contributed by atoms with Gasteiger partial charge in [-0.25, -0.2) is 9.78 Å². The molecule has 0 saturated heterocycles. The Kier molecular flexibility index (Phi) is 6.17. The van der Waals surface area contributed by atoms with Crippen LogP contribution in [0.3, 0.4) is 0 Å². The van der Waals surface area contributed by atoms with Gasteiger partial charge in [0.2, 0.25) is 5.69 Å². The Labute approximate surface area is 169 Å². The topological polar surface area (TPSA) is 65.0 Å². The van der Waals surface area contributed by atoms with Crippen LogP contribution in [-0.4, -0.2) is 27.8 Å². The van der Waals surface area contributed by atoms with Gasteiger partial charge in [0, 0.05) is 10.5 Å². The number of esters is 1. The number of ether oxygens (including phenoxy) is 1. The van der Waals surface area contributed by atoms with Crippen LogP contribution in [0.4, 0.5) is 13.2 Å². The number of alkyl halides is 3. The number of carbonyl (C=O) groups is 1. The van der Waals surface area contributed by atoms with Gasteiger partial charge in [-0.3, -0.25) is 0 Å². The summed E-state index contributed by atoms with van der Waals surface area (Å²) in [7, 11) is 0. The second kappa shape index (κ2) is 8.60. The van der Waals surface area contributed by atoms with E-state index in [0.717, 1.165) is 29.5 Å². The van der Waals surface area contributed by atoms with Gasteiger partial charge < -0.3 is 4.74 Å². The molecule has 0 aliphatic rings. The molecule has 5 nitrogen and oxygen atoms in total. The smallest absolute Gasteiger partial charge is 0.416 e. The summed E-state index contributed by atoms with van der Waals surface area (Å²) < 4.78 is 44.0. The molecule has 3 aromatic rings. The van der Waals surface area contributed by atoms with E-state index in [9.17, 15) is 18.0 Å². The molecule has 1 aromatic heterocycles.